The van der Waals surface area contributed by atoms with Crippen molar-refractivity contribution in [3.8, 4) is 0 Å². The second-order valence-electron chi connectivity index (χ2n) is 3.25. The molecule has 0 aromatic heterocycles. The summed E-state index contributed by atoms with van der Waals surface area (Å²) in [4.78, 5) is 1.85. The summed E-state index contributed by atoms with van der Waals surface area (Å²) in [5, 5.41) is 0.731. The summed E-state index contributed by atoms with van der Waals surface area (Å²) in [6.45, 7) is 3.61. The lowest BCUT2D eigenvalue weighted by atomic mass is 10.3. The fraction of sp³-hybridized carbons (Fsp3) is 1.00. The third kappa shape index (κ3) is 8.81. The topological polar surface area (TPSA) is 3.24 Å². The highest BCUT2D eigenvalue weighted by Crippen LogP contribution is 2.19. The maximum Gasteiger partial charge on any atom is 0.390 e. The number of nitrogens with zero attached hydrogens (tertiary/aromatic N) is 1. The molecule has 0 aliphatic heterocycles. The third-order valence-corrected chi connectivity index (χ3v) is 2.29. The van der Waals surface area contributed by atoms with Crippen LogP contribution >= 0.6 is 15.9 Å². The normalized spacial score (nSPS) is 12.4. The quantitative estimate of drug-likeness (QED) is 0.644. The minimum Gasteiger partial charge on any atom is -0.302 e. The Morgan fingerprint density at radius 2 is 1.79 bits per heavy atom. The van der Waals surface area contributed by atoms with Crippen LogP contribution in [0, 0.1) is 0 Å². The van der Waals surface area contributed by atoms with Crippen LogP contribution in [0.3, 0.4) is 0 Å². The number of hydrogen-bond acceptors (Lipinski definition) is 1. The van der Waals surface area contributed by atoms with Crippen molar-refractivity contribution < 1.29 is 13.2 Å². The molecule has 0 aromatic carbocycles. The van der Waals surface area contributed by atoms with E-state index in [4.69, 9.17) is 0 Å². The molecular formula is C9H17BrF3N. The standard InChI is InChI=1S/C9H17BrF3N/c1-2-3-6-14(8-5-10)7-4-9(11,12)13/h2-8H2,1H3. The van der Waals surface area contributed by atoms with E-state index in [2.05, 4.69) is 15.9 Å². The van der Waals surface area contributed by atoms with E-state index >= 15 is 0 Å². The molecule has 0 bridgehead atoms. The van der Waals surface area contributed by atoms with Crippen LogP contribution in [0.25, 0.3) is 0 Å². The van der Waals surface area contributed by atoms with Crippen LogP contribution in [0.1, 0.15) is 26.2 Å². The monoisotopic (exact) mass is 275 g/mol. The lowest BCUT2D eigenvalue weighted by Crippen LogP contribution is -2.30. The van der Waals surface area contributed by atoms with Crippen LogP contribution < -0.4 is 0 Å². The molecule has 0 fully saturated rings. The van der Waals surface area contributed by atoms with Crippen LogP contribution in [-0.4, -0.2) is 36.0 Å². The molecule has 14 heavy (non-hydrogen) atoms. The van der Waals surface area contributed by atoms with Crippen molar-refractivity contribution in [2.75, 3.05) is 25.0 Å². The van der Waals surface area contributed by atoms with Gasteiger partial charge in [0.05, 0.1) is 6.42 Å². The van der Waals surface area contributed by atoms with Crippen molar-refractivity contribution in [1.29, 1.82) is 0 Å². The Morgan fingerprint density at radius 1 is 1.14 bits per heavy atom. The molecule has 0 saturated heterocycles. The van der Waals surface area contributed by atoms with E-state index in [0.717, 1.165) is 24.7 Å². The lowest BCUT2D eigenvalue weighted by molar-refractivity contribution is -0.137. The Balaban J connectivity index is 3.72. The van der Waals surface area contributed by atoms with Crippen molar-refractivity contribution in [2.24, 2.45) is 0 Å². The summed E-state index contributed by atoms with van der Waals surface area (Å²) in [7, 11) is 0. The summed E-state index contributed by atoms with van der Waals surface area (Å²) in [5.74, 6) is 0. The average molecular weight is 276 g/mol. The van der Waals surface area contributed by atoms with Gasteiger partial charge in [0.25, 0.3) is 0 Å². The first-order valence-electron chi connectivity index (χ1n) is 4.84. The molecule has 0 aliphatic rings. The van der Waals surface area contributed by atoms with Gasteiger partial charge in [-0.3, -0.25) is 0 Å². The van der Waals surface area contributed by atoms with Gasteiger partial charge in [-0.25, -0.2) is 0 Å². The number of rotatable bonds is 7. The molecule has 0 aliphatic carbocycles. The number of unbranched alkanes of at least 4 members (excludes halogenated alkanes) is 1. The maximum atomic E-state index is 11.9. The third-order valence-electron chi connectivity index (χ3n) is 1.94. The molecular weight excluding hydrogens is 259 g/mol. The van der Waals surface area contributed by atoms with E-state index in [-0.39, 0.29) is 6.54 Å². The molecule has 0 amide bonds. The van der Waals surface area contributed by atoms with Gasteiger partial charge in [-0.2, -0.15) is 13.2 Å². The fourth-order valence-electron chi connectivity index (χ4n) is 1.12. The van der Waals surface area contributed by atoms with Crippen LogP contribution in [0.4, 0.5) is 13.2 Å². The summed E-state index contributed by atoms with van der Waals surface area (Å²) in [5.41, 5.74) is 0. The zero-order valence-corrected chi connectivity index (χ0v) is 9.99. The lowest BCUT2D eigenvalue weighted by Gasteiger charge is -2.21. The molecule has 0 unspecified atom stereocenters. The SMILES string of the molecule is CCCCN(CCBr)CCC(F)(F)F. The van der Waals surface area contributed by atoms with Gasteiger partial charge in [-0.15, -0.1) is 0 Å². The second-order valence-corrected chi connectivity index (χ2v) is 4.04. The van der Waals surface area contributed by atoms with Crippen LogP contribution in [0.2, 0.25) is 0 Å². The van der Waals surface area contributed by atoms with Crippen molar-refractivity contribution in [1.82, 2.24) is 4.90 Å². The van der Waals surface area contributed by atoms with Gasteiger partial charge >= 0.3 is 6.18 Å². The Kier molecular flexibility index (Phi) is 7.64. The Hall–Kier alpha value is 0.230. The van der Waals surface area contributed by atoms with Crippen LogP contribution in [0.15, 0.2) is 0 Å². The number of halogens is 4. The highest BCUT2D eigenvalue weighted by Gasteiger charge is 2.27. The van der Waals surface area contributed by atoms with Crippen molar-refractivity contribution in [2.45, 2.75) is 32.4 Å². The smallest absolute Gasteiger partial charge is 0.302 e. The Bertz CT molecular complexity index is 139. The van der Waals surface area contributed by atoms with Gasteiger partial charge in [0, 0.05) is 18.4 Å². The molecule has 0 heterocycles. The van der Waals surface area contributed by atoms with Crippen molar-refractivity contribution >= 4 is 15.9 Å². The van der Waals surface area contributed by atoms with Gasteiger partial charge in [0.1, 0.15) is 0 Å². The van der Waals surface area contributed by atoms with E-state index in [1.807, 2.05) is 11.8 Å². The van der Waals surface area contributed by atoms with E-state index in [0.29, 0.717) is 6.54 Å². The number of hydrogen-bond donors (Lipinski definition) is 0. The van der Waals surface area contributed by atoms with Gasteiger partial charge < -0.3 is 4.90 Å². The largest absolute Gasteiger partial charge is 0.390 e. The first kappa shape index (κ1) is 14.2. The molecule has 0 radical (unpaired) electrons. The fourth-order valence-corrected chi connectivity index (χ4v) is 1.62. The highest BCUT2D eigenvalue weighted by atomic mass is 79.9. The van der Waals surface area contributed by atoms with E-state index < -0.39 is 12.6 Å². The molecule has 0 atom stereocenters. The molecule has 1 nitrogen and oxygen atoms in total. The van der Waals surface area contributed by atoms with Gasteiger partial charge in [0.2, 0.25) is 0 Å². The van der Waals surface area contributed by atoms with Gasteiger partial charge in [0.15, 0.2) is 0 Å². The minimum atomic E-state index is -4.03. The molecule has 5 heteroatoms. The number of alkyl halides is 4. The Morgan fingerprint density at radius 3 is 2.21 bits per heavy atom. The molecule has 0 N–H and O–H groups in total. The zero-order valence-electron chi connectivity index (χ0n) is 8.41. The van der Waals surface area contributed by atoms with Crippen molar-refractivity contribution in [3.05, 3.63) is 0 Å². The maximum absolute atomic E-state index is 11.9. The molecule has 0 rings (SSSR count). The first-order valence-corrected chi connectivity index (χ1v) is 5.97. The first-order chi connectivity index (χ1) is 6.49. The second kappa shape index (κ2) is 7.51. The van der Waals surface area contributed by atoms with Crippen LogP contribution in [-0.2, 0) is 0 Å². The highest BCUT2D eigenvalue weighted by molar-refractivity contribution is 9.09. The predicted octanol–water partition coefficient (Wildman–Crippen LogP) is 3.44. The molecule has 0 spiro atoms. The predicted molar refractivity (Wildman–Crippen MR) is 55.8 cm³/mol. The molecule has 0 aromatic rings. The molecule has 0 saturated carbocycles. The minimum absolute atomic E-state index is 0.120. The zero-order chi connectivity index (χ0) is 11.0. The summed E-state index contributed by atoms with van der Waals surface area (Å²) < 4.78 is 35.8. The van der Waals surface area contributed by atoms with E-state index in [9.17, 15) is 13.2 Å². The Labute approximate surface area is 91.8 Å². The van der Waals surface area contributed by atoms with Crippen LogP contribution in [0.5, 0.6) is 0 Å². The summed E-state index contributed by atoms with van der Waals surface area (Å²) >= 11 is 3.24. The summed E-state index contributed by atoms with van der Waals surface area (Å²) in [6.07, 6.45) is -2.75. The van der Waals surface area contributed by atoms with Gasteiger partial charge in [-0.1, -0.05) is 29.3 Å². The van der Waals surface area contributed by atoms with E-state index in [1.54, 1.807) is 0 Å². The van der Waals surface area contributed by atoms with Gasteiger partial charge in [-0.05, 0) is 13.0 Å². The summed E-state index contributed by atoms with van der Waals surface area (Å²) in [6, 6.07) is 0. The van der Waals surface area contributed by atoms with E-state index in [1.165, 1.54) is 0 Å². The average Bonchev–Trinajstić information content (AvgIpc) is 2.08. The van der Waals surface area contributed by atoms with Crippen molar-refractivity contribution in [3.63, 3.8) is 0 Å². The molecule has 86 valence electrons.